The highest BCUT2D eigenvalue weighted by Gasteiger charge is 2.39. The Morgan fingerprint density at radius 1 is 1.27 bits per heavy atom. The Morgan fingerprint density at radius 2 is 2.00 bits per heavy atom. The maximum Gasteiger partial charge on any atom is 0.240 e. The van der Waals surface area contributed by atoms with Crippen LogP contribution in [0.4, 0.5) is 0 Å². The zero-order valence-corrected chi connectivity index (χ0v) is 14.3. The normalized spacial score (nSPS) is 31.4. The lowest BCUT2D eigenvalue weighted by atomic mass is 9.74. The first-order chi connectivity index (χ1) is 10.5. The van der Waals surface area contributed by atoms with E-state index in [2.05, 4.69) is 16.5 Å². The van der Waals surface area contributed by atoms with Crippen LogP contribution in [0.5, 0.6) is 0 Å². The monoisotopic (exact) mass is 322 g/mol. The van der Waals surface area contributed by atoms with E-state index in [0.717, 1.165) is 36.9 Å². The van der Waals surface area contributed by atoms with Gasteiger partial charge in [0, 0.05) is 19.1 Å². The average molecular weight is 322 g/mol. The van der Waals surface area contributed by atoms with Gasteiger partial charge in [-0.05, 0) is 50.3 Å². The number of fused-ring (bicyclic) bond motifs is 3. The minimum absolute atomic E-state index is 0.362. The number of benzene rings is 1. The van der Waals surface area contributed by atoms with Crippen LogP contribution in [0.2, 0.25) is 0 Å². The van der Waals surface area contributed by atoms with Crippen molar-refractivity contribution in [1.29, 1.82) is 0 Å². The van der Waals surface area contributed by atoms with Gasteiger partial charge in [0.25, 0.3) is 0 Å². The van der Waals surface area contributed by atoms with Crippen molar-refractivity contribution in [1.82, 2.24) is 9.62 Å². The maximum absolute atomic E-state index is 12.4. The van der Waals surface area contributed by atoms with Crippen molar-refractivity contribution < 1.29 is 8.42 Å². The van der Waals surface area contributed by atoms with Crippen LogP contribution in [0, 0.1) is 18.8 Å². The molecule has 3 aliphatic rings. The largest absolute Gasteiger partial charge is 0.299 e. The summed E-state index contributed by atoms with van der Waals surface area (Å²) in [6.45, 7) is 7.01. The van der Waals surface area contributed by atoms with E-state index < -0.39 is 10.0 Å². The molecule has 1 unspecified atom stereocenters. The number of aryl methyl sites for hydroxylation is 1. The highest BCUT2D eigenvalue weighted by Crippen LogP contribution is 2.37. The summed E-state index contributed by atoms with van der Waals surface area (Å²) < 4.78 is 27.6. The zero-order valence-electron chi connectivity index (χ0n) is 13.5. The van der Waals surface area contributed by atoms with Gasteiger partial charge in [0.05, 0.1) is 4.90 Å². The van der Waals surface area contributed by atoms with Crippen LogP contribution in [-0.2, 0) is 10.0 Å². The molecule has 1 N–H and O–H groups in total. The maximum atomic E-state index is 12.4. The summed E-state index contributed by atoms with van der Waals surface area (Å²) in [6, 6.07) is 7.40. The van der Waals surface area contributed by atoms with Crippen LogP contribution in [0.25, 0.3) is 0 Å². The number of hydrogen-bond donors (Lipinski definition) is 1. The molecule has 0 aliphatic carbocycles. The topological polar surface area (TPSA) is 49.4 Å². The van der Waals surface area contributed by atoms with Crippen molar-refractivity contribution >= 4 is 10.0 Å². The summed E-state index contributed by atoms with van der Waals surface area (Å²) in [7, 11) is -3.39. The van der Waals surface area contributed by atoms with Crippen molar-refractivity contribution in [2.45, 2.75) is 44.0 Å². The molecule has 3 heterocycles. The molecule has 122 valence electrons. The predicted molar refractivity (Wildman–Crippen MR) is 88.2 cm³/mol. The van der Waals surface area contributed by atoms with Crippen LogP contribution in [0.1, 0.15) is 31.7 Å². The molecule has 0 saturated carbocycles. The summed E-state index contributed by atoms with van der Waals surface area (Å²) >= 11 is 0. The standard InChI is InChI=1S/C17H26N2O2S/c1-3-14-12-19-9-8-15(14)10-16(19)11-18-22(20,21)17-6-4-13(2)5-7-17/h4-7,14-16,18H,3,8-12H2,1-2H3/t14-,15-,16+/m0/s1. The molecule has 1 aromatic rings. The number of piperidine rings is 3. The van der Waals surface area contributed by atoms with E-state index in [1.54, 1.807) is 12.1 Å². The first-order valence-corrected chi connectivity index (χ1v) is 9.78. The van der Waals surface area contributed by atoms with E-state index >= 15 is 0 Å². The molecule has 1 aromatic carbocycles. The quantitative estimate of drug-likeness (QED) is 0.905. The van der Waals surface area contributed by atoms with Crippen molar-refractivity contribution in [3.63, 3.8) is 0 Å². The van der Waals surface area contributed by atoms with E-state index in [0.29, 0.717) is 17.5 Å². The van der Waals surface area contributed by atoms with Crippen molar-refractivity contribution in [2.24, 2.45) is 11.8 Å². The summed E-state index contributed by atoms with van der Waals surface area (Å²) in [6.07, 6.45) is 3.65. The number of nitrogens with zero attached hydrogens (tertiary/aromatic N) is 1. The van der Waals surface area contributed by atoms with Gasteiger partial charge in [-0.1, -0.05) is 31.0 Å². The van der Waals surface area contributed by atoms with Crippen LogP contribution in [-0.4, -0.2) is 39.0 Å². The molecule has 3 saturated heterocycles. The highest BCUT2D eigenvalue weighted by molar-refractivity contribution is 7.89. The van der Waals surface area contributed by atoms with Gasteiger partial charge >= 0.3 is 0 Å². The minimum atomic E-state index is -3.39. The molecule has 22 heavy (non-hydrogen) atoms. The first-order valence-electron chi connectivity index (χ1n) is 8.30. The van der Waals surface area contributed by atoms with Crippen molar-refractivity contribution in [2.75, 3.05) is 19.6 Å². The molecule has 0 amide bonds. The summed E-state index contributed by atoms with van der Waals surface area (Å²) in [4.78, 5) is 2.84. The number of nitrogens with one attached hydrogen (secondary N) is 1. The molecule has 4 rings (SSSR count). The second-order valence-corrected chi connectivity index (χ2v) is 8.53. The van der Waals surface area contributed by atoms with E-state index in [4.69, 9.17) is 0 Å². The van der Waals surface area contributed by atoms with Crippen LogP contribution in [0.3, 0.4) is 0 Å². The van der Waals surface area contributed by atoms with Crippen LogP contribution in [0.15, 0.2) is 29.2 Å². The average Bonchev–Trinajstić information content (AvgIpc) is 2.54. The van der Waals surface area contributed by atoms with Crippen molar-refractivity contribution in [3.8, 4) is 0 Å². The minimum Gasteiger partial charge on any atom is -0.299 e. The molecular weight excluding hydrogens is 296 g/mol. The number of sulfonamides is 1. The van der Waals surface area contributed by atoms with E-state index in [9.17, 15) is 8.42 Å². The Labute approximate surface area is 134 Å². The molecule has 0 radical (unpaired) electrons. The van der Waals surface area contributed by atoms with Gasteiger partial charge in [-0.15, -0.1) is 0 Å². The lowest BCUT2D eigenvalue weighted by molar-refractivity contribution is 0.00236. The molecule has 3 aliphatic heterocycles. The third-order valence-electron chi connectivity index (χ3n) is 5.38. The third kappa shape index (κ3) is 3.21. The van der Waals surface area contributed by atoms with E-state index in [-0.39, 0.29) is 0 Å². The van der Waals surface area contributed by atoms with Crippen LogP contribution < -0.4 is 4.72 Å². The Bertz CT molecular complexity index is 612. The fraction of sp³-hybridized carbons (Fsp3) is 0.647. The molecule has 3 fully saturated rings. The fourth-order valence-corrected chi connectivity index (χ4v) is 5.00. The molecule has 0 spiro atoms. The SMILES string of the molecule is CC[C@H]1CN2CC[C@H]1C[C@@H]2CNS(=O)(=O)c1ccc(C)cc1. The highest BCUT2D eigenvalue weighted by atomic mass is 32.2. The molecule has 4 nitrogen and oxygen atoms in total. The number of rotatable bonds is 5. The lowest BCUT2D eigenvalue weighted by Gasteiger charge is -2.49. The van der Waals surface area contributed by atoms with E-state index in [1.807, 2.05) is 19.1 Å². The first kappa shape index (κ1) is 16.0. The zero-order chi connectivity index (χ0) is 15.7. The summed E-state index contributed by atoms with van der Waals surface area (Å²) in [5.74, 6) is 1.59. The Kier molecular flexibility index (Phi) is 4.57. The van der Waals surface area contributed by atoms with Gasteiger partial charge in [-0.2, -0.15) is 0 Å². The molecule has 0 aromatic heterocycles. The van der Waals surface area contributed by atoms with Gasteiger partial charge in [-0.3, -0.25) is 4.90 Å². The smallest absolute Gasteiger partial charge is 0.240 e. The fourth-order valence-electron chi connectivity index (χ4n) is 3.93. The third-order valence-corrected chi connectivity index (χ3v) is 6.82. The Balaban J connectivity index is 1.62. The van der Waals surface area contributed by atoms with Crippen molar-refractivity contribution in [3.05, 3.63) is 29.8 Å². The van der Waals surface area contributed by atoms with Crippen LogP contribution >= 0.6 is 0 Å². The molecule has 4 atom stereocenters. The molecular formula is C17H26N2O2S. The summed E-state index contributed by atoms with van der Waals surface area (Å²) in [5.41, 5.74) is 1.07. The summed E-state index contributed by atoms with van der Waals surface area (Å²) in [5, 5.41) is 0. The van der Waals surface area contributed by atoms with Gasteiger partial charge in [-0.25, -0.2) is 13.1 Å². The second-order valence-electron chi connectivity index (χ2n) is 6.77. The predicted octanol–water partition coefficient (Wildman–Crippen LogP) is 2.39. The van der Waals surface area contributed by atoms with Gasteiger partial charge < -0.3 is 0 Å². The Hall–Kier alpha value is -0.910. The second kappa shape index (κ2) is 6.30. The lowest BCUT2D eigenvalue weighted by Crippen LogP contribution is -2.56. The van der Waals surface area contributed by atoms with E-state index in [1.165, 1.54) is 12.8 Å². The Morgan fingerprint density at radius 3 is 2.59 bits per heavy atom. The van der Waals surface area contributed by atoms with Gasteiger partial charge in [0.2, 0.25) is 10.0 Å². The van der Waals surface area contributed by atoms with Gasteiger partial charge in [0.1, 0.15) is 0 Å². The molecule has 2 bridgehead atoms. The molecule has 5 heteroatoms. The van der Waals surface area contributed by atoms with Gasteiger partial charge in [0.15, 0.2) is 0 Å². The number of hydrogen-bond acceptors (Lipinski definition) is 3.